The van der Waals surface area contributed by atoms with Crippen LogP contribution in [0, 0.1) is 0 Å². The Kier molecular flexibility index (Phi) is 6.58. The monoisotopic (exact) mass is 439 g/mol. The summed E-state index contributed by atoms with van der Waals surface area (Å²) in [6, 6.07) is -1.35. The lowest BCUT2D eigenvalue weighted by Gasteiger charge is -2.43. The highest BCUT2D eigenvalue weighted by Gasteiger charge is 2.54. The molecule has 27 heavy (non-hydrogen) atoms. The van der Waals surface area contributed by atoms with Crippen LogP contribution in [0.1, 0.15) is 5.69 Å². The average Bonchev–Trinajstić information content (AvgIpc) is 2.96. The zero-order valence-electron chi connectivity index (χ0n) is 13.2. The number of hydrogen-bond acceptors (Lipinski definition) is 11. The summed E-state index contributed by atoms with van der Waals surface area (Å²) in [7, 11) is -4.89. The highest BCUT2D eigenvalue weighted by molar-refractivity contribution is 8.01. The van der Waals surface area contributed by atoms with Crippen LogP contribution in [0.4, 0.5) is 5.13 Å². The van der Waals surface area contributed by atoms with Gasteiger partial charge in [0, 0.05) is 5.38 Å². The fourth-order valence-electron chi connectivity index (χ4n) is 1.90. The van der Waals surface area contributed by atoms with Crippen molar-refractivity contribution < 1.29 is 37.3 Å². The van der Waals surface area contributed by atoms with Crippen molar-refractivity contribution in [3.63, 3.8) is 0 Å². The third-order valence-electron chi connectivity index (χ3n) is 2.95. The van der Waals surface area contributed by atoms with Gasteiger partial charge in [0.15, 0.2) is 11.7 Å². The minimum atomic E-state index is -4.89. The van der Waals surface area contributed by atoms with Crippen molar-refractivity contribution in [2.24, 2.45) is 5.16 Å². The van der Waals surface area contributed by atoms with Crippen LogP contribution in [0.3, 0.4) is 0 Å². The van der Waals surface area contributed by atoms with Crippen LogP contribution in [0.5, 0.6) is 0 Å². The number of thioether (sulfide) groups is 1. The van der Waals surface area contributed by atoms with Crippen LogP contribution in [-0.4, -0.2) is 68.5 Å². The lowest BCUT2D eigenvalue weighted by Crippen LogP contribution is -2.70. The van der Waals surface area contributed by atoms with Crippen molar-refractivity contribution in [2.45, 2.75) is 18.0 Å². The van der Waals surface area contributed by atoms with Crippen molar-refractivity contribution in [3.8, 4) is 0 Å². The summed E-state index contributed by atoms with van der Waals surface area (Å²) in [6.45, 7) is -0.0482. The fourth-order valence-corrected chi connectivity index (χ4v) is 4.62. The molecular formula is C11H13N5O8S3. The molecule has 1 aromatic rings. The predicted octanol–water partition coefficient (Wildman–Crippen LogP) is -1.50. The van der Waals surface area contributed by atoms with Gasteiger partial charge in [-0.05, 0) is 0 Å². The first-order valence-corrected chi connectivity index (χ1v) is 10.2. The number of β-lactam (4-membered cyclic amide) rings is 1. The molecule has 0 bridgehead atoms. The number of nitrogens with two attached hydrogens (primary N) is 1. The van der Waals surface area contributed by atoms with Gasteiger partial charge >= 0.3 is 16.3 Å². The average molecular weight is 439 g/mol. The first kappa shape index (κ1) is 20.9. The molecule has 2 atom stereocenters. The maximum atomic E-state index is 11.8. The number of anilines is 1. The largest absolute Gasteiger partial charge is 0.481 e. The summed E-state index contributed by atoms with van der Waals surface area (Å²) in [5.41, 5.74) is 5.93. The Balaban J connectivity index is 1.90. The number of nitrogen functional groups attached to an aromatic ring is 1. The van der Waals surface area contributed by atoms with E-state index in [-0.39, 0.29) is 10.9 Å². The summed E-state index contributed by atoms with van der Waals surface area (Å²) in [4.78, 5) is 43.0. The minimum Gasteiger partial charge on any atom is -0.481 e. The number of carbonyl (C=O) groups excluding carboxylic acids is 2. The van der Waals surface area contributed by atoms with E-state index in [0.29, 0.717) is 28.8 Å². The summed E-state index contributed by atoms with van der Waals surface area (Å²) in [5.74, 6) is -3.81. The van der Waals surface area contributed by atoms with Gasteiger partial charge in [-0.2, -0.15) is 12.7 Å². The van der Waals surface area contributed by atoms with Crippen molar-refractivity contribution in [2.75, 3.05) is 11.5 Å². The molecule has 13 nitrogen and oxygen atoms in total. The molecular weight excluding hydrogens is 426 g/mol. The van der Waals surface area contributed by atoms with Crippen LogP contribution < -0.4 is 11.1 Å². The molecule has 1 aliphatic rings. The van der Waals surface area contributed by atoms with Gasteiger partial charge < -0.3 is 21.0 Å². The van der Waals surface area contributed by atoms with Crippen molar-refractivity contribution >= 4 is 62.5 Å². The van der Waals surface area contributed by atoms with Crippen LogP contribution in [0.15, 0.2) is 10.5 Å². The summed E-state index contributed by atoms with van der Waals surface area (Å²) in [5, 5.41) is 14.9. The molecule has 16 heteroatoms. The first-order chi connectivity index (χ1) is 12.6. The Morgan fingerprint density at radius 1 is 1.56 bits per heavy atom. The van der Waals surface area contributed by atoms with Crippen molar-refractivity contribution in [1.29, 1.82) is 0 Å². The molecule has 1 aromatic heterocycles. The fraction of sp³-hybridized carbons (Fsp3) is 0.364. The maximum absolute atomic E-state index is 11.8. The number of carboxylic acid groups (broad SMARTS) is 1. The quantitative estimate of drug-likeness (QED) is 0.151. The zero-order chi connectivity index (χ0) is 20.2. The zero-order valence-corrected chi connectivity index (χ0v) is 15.7. The second-order valence-corrected chi connectivity index (χ2v) is 8.16. The molecule has 2 rings (SSSR count). The van der Waals surface area contributed by atoms with E-state index in [9.17, 15) is 22.8 Å². The van der Waals surface area contributed by atoms with Gasteiger partial charge in [0.25, 0.3) is 11.8 Å². The van der Waals surface area contributed by atoms with Crippen molar-refractivity contribution in [1.82, 2.24) is 14.6 Å². The highest BCUT2D eigenvalue weighted by Crippen LogP contribution is 2.32. The number of rotatable bonds is 9. The second kappa shape index (κ2) is 8.51. The van der Waals surface area contributed by atoms with Gasteiger partial charge in [0.05, 0.1) is 11.4 Å². The molecule has 2 heterocycles. The Morgan fingerprint density at radius 2 is 2.26 bits per heavy atom. The van der Waals surface area contributed by atoms with Gasteiger partial charge in [-0.3, -0.25) is 18.9 Å². The van der Waals surface area contributed by atoms with E-state index in [0.717, 1.165) is 0 Å². The number of nitrogens with zero attached hydrogens (tertiary/aromatic N) is 3. The van der Waals surface area contributed by atoms with E-state index in [2.05, 4.69) is 15.5 Å². The lowest BCUT2D eigenvalue weighted by molar-refractivity contribution is -0.141. The standard InChI is InChI=1S/C11H13N5O8S3/c12-11-14-5(3-26-11)2-24-13-1-6(17)15-8-9(20)16(27(21,22)23)10(8)25-4-7(18)19/h1,3,8,10H,2,4H2,(H2,12,14)(H,15,17)(H,18,19)(H,21,22,23)/t8-,10-/m1/s1. The number of aromatic nitrogens is 1. The molecule has 5 N–H and O–H groups in total. The predicted molar refractivity (Wildman–Crippen MR) is 94.0 cm³/mol. The molecule has 0 unspecified atom stereocenters. The Labute approximate surface area is 160 Å². The SMILES string of the molecule is Nc1nc(CON=CC(=O)N[C@@H]2C(=O)N(S(=O)(=O)O)[C@@H]2SCC(=O)O)cs1. The lowest BCUT2D eigenvalue weighted by atomic mass is 10.1. The van der Waals surface area contributed by atoms with Crippen LogP contribution in [0.2, 0.25) is 0 Å². The Bertz CT molecular complexity index is 869. The van der Waals surface area contributed by atoms with Crippen molar-refractivity contribution in [3.05, 3.63) is 11.1 Å². The van der Waals surface area contributed by atoms with E-state index < -0.39 is 45.3 Å². The third-order valence-corrected chi connectivity index (χ3v) is 5.95. The maximum Gasteiger partial charge on any atom is 0.363 e. The topological polar surface area (TPSA) is 202 Å². The number of amides is 2. The molecule has 1 aliphatic heterocycles. The number of nitrogens with one attached hydrogen (secondary N) is 1. The highest BCUT2D eigenvalue weighted by atomic mass is 32.2. The van der Waals surface area contributed by atoms with E-state index in [1.54, 1.807) is 5.38 Å². The number of thiazole rings is 1. The molecule has 0 aromatic carbocycles. The summed E-state index contributed by atoms with van der Waals surface area (Å²) >= 11 is 1.74. The van der Waals surface area contributed by atoms with Crippen LogP contribution >= 0.6 is 23.1 Å². The van der Waals surface area contributed by atoms with E-state index in [1.807, 2.05) is 0 Å². The van der Waals surface area contributed by atoms with Gasteiger partial charge in [-0.15, -0.1) is 23.1 Å². The van der Waals surface area contributed by atoms with E-state index in [1.165, 1.54) is 11.3 Å². The first-order valence-electron chi connectivity index (χ1n) is 6.89. The molecule has 0 spiro atoms. The Hall–Kier alpha value is -2.43. The minimum absolute atomic E-state index is 0.0482. The second-order valence-electron chi connectivity index (χ2n) is 4.88. The van der Waals surface area contributed by atoms with Crippen LogP contribution in [0.25, 0.3) is 0 Å². The normalized spacial score (nSPS) is 19.7. The number of carbonyl (C=O) groups is 3. The van der Waals surface area contributed by atoms with Gasteiger partial charge in [0.2, 0.25) is 0 Å². The summed E-state index contributed by atoms with van der Waals surface area (Å²) in [6.07, 6.45) is 0.706. The van der Waals surface area contributed by atoms with Gasteiger partial charge in [0.1, 0.15) is 17.6 Å². The molecule has 1 saturated heterocycles. The van der Waals surface area contributed by atoms with Gasteiger partial charge in [-0.1, -0.05) is 5.16 Å². The van der Waals surface area contributed by atoms with Crippen LogP contribution in [-0.2, 0) is 36.1 Å². The van der Waals surface area contributed by atoms with E-state index >= 15 is 0 Å². The summed E-state index contributed by atoms with van der Waals surface area (Å²) < 4.78 is 31.5. The molecule has 148 valence electrons. The van der Waals surface area contributed by atoms with Gasteiger partial charge in [-0.25, -0.2) is 4.98 Å². The number of aliphatic carboxylic acids is 1. The number of oxime groups is 1. The smallest absolute Gasteiger partial charge is 0.363 e. The molecule has 2 amide bonds. The molecule has 1 fully saturated rings. The number of carboxylic acids is 1. The third kappa shape index (κ3) is 5.52. The molecule has 0 saturated carbocycles. The molecule has 0 aliphatic carbocycles. The van der Waals surface area contributed by atoms with E-state index in [4.69, 9.17) is 20.2 Å². The Morgan fingerprint density at radius 3 is 2.81 bits per heavy atom. The number of hydrogen-bond donors (Lipinski definition) is 4. The molecule has 0 radical (unpaired) electrons.